The van der Waals surface area contributed by atoms with Crippen LogP contribution in [0.5, 0.6) is 11.5 Å². The molecule has 0 aliphatic carbocycles. The van der Waals surface area contributed by atoms with E-state index in [1.165, 1.54) is 7.11 Å². The first-order chi connectivity index (χ1) is 16.5. The molecule has 0 radical (unpaired) electrons. The maximum absolute atomic E-state index is 13.7. The van der Waals surface area contributed by atoms with E-state index in [-0.39, 0.29) is 6.61 Å². The molecule has 0 N–H and O–H groups in total. The zero-order valence-electron chi connectivity index (χ0n) is 18.7. The van der Waals surface area contributed by atoms with Crippen molar-refractivity contribution in [3.05, 3.63) is 105 Å². The number of hydrogen-bond donors (Lipinski definition) is 0. The first-order valence-corrected chi connectivity index (χ1v) is 11.1. The minimum atomic E-state index is -1.33. The number of methoxy groups -OCH3 is 1. The van der Waals surface area contributed by atoms with Gasteiger partial charge in [0.1, 0.15) is 29.8 Å². The molecule has 3 atom stereocenters. The lowest BCUT2D eigenvalue weighted by Gasteiger charge is -2.49. The Morgan fingerprint density at radius 1 is 1.00 bits per heavy atom. The fourth-order valence-corrected chi connectivity index (χ4v) is 5.36. The van der Waals surface area contributed by atoms with Gasteiger partial charge in [0, 0.05) is 11.5 Å². The second kappa shape index (κ2) is 7.48. The molecule has 0 bridgehead atoms. The molecule has 4 aromatic rings. The summed E-state index contributed by atoms with van der Waals surface area (Å²) in [6, 6.07) is 22.6. The molecule has 0 unspecified atom stereocenters. The SMILES string of the molecule is COC(=O)[C@@]12COc3ccccc3[C@@H]1c1c(c3ccccc3oc1=O)O[C@@H]2c1ccc(C)cc1. The lowest BCUT2D eigenvalue weighted by Crippen LogP contribution is -2.55. The summed E-state index contributed by atoms with van der Waals surface area (Å²) in [5.41, 5.74) is 1.48. The number of para-hydroxylation sites is 2. The number of aryl methyl sites for hydroxylation is 1. The number of benzene rings is 3. The Labute approximate surface area is 195 Å². The number of carbonyl (C=O) groups excluding carboxylic acids is 1. The van der Waals surface area contributed by atoms with Crippen LogP contribution in [0.2, 0.25) is 0 Å². The van der Waals surface area contributed by atoms with E-state index in [1.54, 1.807) is 12.1 Å². The van der Waals surface area contributed by atoms with Crippen molar-refractivity contribution in [1.29, 1.82) is 0 Å². The molecule has 3 heterocycles. The van der Waals surface area contributed by atoms with Gasteiger partial charge in [-0.05, 0) is 30.7 Å². The van der Waals surface area contributed by atoms with E-state index < -0.39 is 29.0 Å². The Balaban J connectivity index is 1.74. The molecule has 0 saturated heterocycles. The molecule has 34 heavy (non-hydrogen) atoms. The van der Waals surface area contributed by atoms with Gasteiger partial charge >= 0.3 is 11.6 Å². The van der Waals surface area contributed by atoms with Crippen molar-refractivity contribution < 1.29 is 23.4 Å². The van der Waals surface area contributed by atoms with Crippen LogP contribution in [0.25, 0.3) is 11.0 Å². The normalized spacial score (nSPS) is 22.5. The van der Waals surface area contributed by atoms with Gasteiger partial charge in [-0.2, -0.15) is 0 Å². The maximum Gasteiger partial charge on any atom is 0.343 e. The van der Waals surface area contributed by atoms with Gasteiger partial charge in [0.15, 0.2) is 5.41 Å². The van der Waals surface area contributed by atoms with Crippen molar-refractivity contribution in [2.45, 2.75) is 18.9 Å². The van der Waals surface area contributed by atoms with E-state index in [9.17, 15) is 9.59 Å². The third-order valence-corrected chi connectivity index (χ3v) is 6.95. The quantitative estimate of drug-likeness (QED) is 0.316. The molecule has 170 valence electrons. The summed E-state index contributed by atoms with van der Waals surface area (Å²) in [6.45, 7) is 1.99. The predicted octanol–water partition coefficient (Wildman–Crippen LogP) is 4.92. The molecular weight excluding hydrogens is 432 g/mol. The number of carbonyl (C=O) groups is 1. The molecule has 1 aromatic heterocycles. The summed E-state index contributed by atoms with van der Waals surface area (Å²) in [4.78, 5) is 27.1. The van der Waals surface area contributed by atoms with Crippen LogP contribution >= 0.6 is 0 Å². The number of hydrogen-bond acceptors (Lipinski definition) is 6. The standard InChI is InChI=1S/C28H22O6/c1-16-11-13-17(14-12-16)25-28(27(30)31-2)15-32-20-9-5-3-7-18(20)23(28)22-24(34-25)19-8-4-6-10-21(19)33-26(22)29/h3-14,23,25H,15H2,1-2H3/t23-,25-,28+/m1/s1. The molecule has 6 heteroatoms. The second-order valence-electron chi connectivity index (χ2n) is 8.83. The Bertz CT molecular complexity index is 1490. The highest BCUT2D eigenvalue weighted by Gasteiger charge is 2.63. The van der Waals surface area contributed by atoms with Gasteiger partial charge in [-0.3, -0.25) is 4.79 Å². The Kier molecular flexibility index (Phi) is 4.52. The first-order valence-electron chi connectivity index (χ1n) is 11.1. The van der Waals surface area contributed by atoms with Crippen LogP contribution in [-0.2, 0) is 9.53 Å². The number of ether oxygens (including phenoxy) is 3. The highest BCUT2D eigenvalue weighted by Crippen LogP contribution is 2.60. The Morgan fingerprint density at radius 2 is 1.74 bits per heavy atom. The summed E-state index contributed by atoms with van der Waals surface area (Å²) in [5, 5.41) is 0.677. The second-order valence-corrected chi connectivity index (χ2v) is 8.83. The van der Waals surface area contributed by atoms with Crippen LogP contribution in [0.1, 0.15) is 34.3 Å². The van der Waals surface area contributed by atoms with Crippen molar-refractivity contribution in [3.63, 3.8) is 0 Å². The average Bonchev–Trinajstić information content (AvgIpc) is 2.87. The fraction of sp³-hybridized carbons (Fsp3) is 0.214. The van der Waals surface area contributed by atoms with Crippen LogP contribution in [0, 0.1) is 12.3 Å². The van der Waals surface area contributed by atoms with Gasteiger partial charge in [-0.25, -0.2) is 4.79 Å². The van der Waals surface area contributed by atoms with Gasteiger partial charge < -0.3 is 18.6 Å². The van der Waals surface area contributed by atoms with Crippen molar-refractivity contribution in [1.82, 2.24) is 0 Å². The molecule has 0 saturated carbocycles. The van der Waals surface area contributed by atoms with Gasteiger partial charge in [0.25, 0.3) is 0 Å². The molecule has 2 aliphatic rings. The van der Waals surface area contributed by atoms with Gasteiger partial charge in [0.2, 0.25) is 0 Å². The lowest BCUT2D eigenvalue weighted by molar-refractivity contribution is -0.168. The average molecular weight is 454 g/mol. The van der Waals surface area contributed by atoms with E-state index >= 15 is 0 Å². The third kappa shape index (κ3) is 2.75. The van der Waals surface area contributed by atoms with E-state index in [1.807, 2.05) is 67.6 Å². The van der Waals surface area contributed by atoms with Crippen LogP contribution in [0.15, 0.2) is 82.0 Å². The Hall–Kier alpha value is -4.06. The highest BCUT2D eigenvalue weighted by molar-refractivity contribution is 5.88. The zero-order chi connectivity index (χ0) is 23.4. The topological polar surface area (TPSA) is 75.0 Å². The van der Waals surface area contributed by atoms with E-state index in [2.05, 4.69) is 0 Å². The summed E-state index contributed by atoms with van der Waals surface area (Å²) in [6.07, 6.45) is -0.753. The van der Waals surface area contributed by atoms with Crippen molar-refractivity contribution in [3.8, 4) is 11.5 Å². The zero-order valence-corrected chi connectivity index (χ0v) is 18.7. The van der Waals surface area contributed by atoms with Crippen LogP contribution in [-0.4, -0.2) is 19.7 Å². The molecule has 6 nitrogen and oxygen atoms in total. The molecule has 6 rings (SSSR count). The third-order valence-electron chi connectivity index (χ3n) is 6.95. The van der Waals surface area contributed by atoms with Gasteiger partial charge in [-0.1, -0.05) is 60.2 Å². The molecule has 2 aliphatic heterocycles. The molecule has 0 spiro atoms. The summed E-state index contributed by atoms with van der Waals surface area (Å²) in [5.74, 6) is -0.134. The monoisotopic (exact) mass is 454 g/mol. The summed E-state index contributed by atoms with van der Waals surface area (Å²) >= 11 is 0. The predicted molar refractivity (Wildman–Crippen MR) is 125 cm³/mol. The largest absolute Gasteiger partial charge is 0.492 e. The minimum Gasteiger partial charge on any atom is -0.492 e. The van der Waals surface area contributed by atoms with E-state index in [0.29, 0.717) is 28.0 Å². The smallest absolute Gasteiger partial charge is 0.343 e. The maximum atomic E-state index is 13.7. The van der Waals surface area contributed by atoms with Gasteiger partial charge in [0.05, 0.1) is 18.1 Å². The number of esters is 1. The van der Waals surface area contributed by atoms with Gasteiger partial charge in [-0.15, -0.1) is 0 Å². The summed E-state index contributed by atoms with van der Waals surface area (Å²) in [7, 11) is 1.35. The summed E-state index contributed by atoms with van der Waals surface area (Å²) < 4.78 is 23.8. The Morgan fingerprint density at radius 3 is 2.53 bits per heavy atom. The van der Waals surface area contributed by atoms with Crippen molar-refractivity contribution >= 4 is 16.9 Å². The number of fused-ring (bicyclic) bond motifs is 7. The number of rotatable bonds is 2. The molecule has 0 fully saturated rings. The van der Waals surface area contributed by atoms with Crippen molar-refractivity contribution in [2.24, 2.45) is 5.41 Å². The molecule has 3 aromatic carbocycles. The first kappa shape index (κ1) is 20.5. The van der Waals surface area contributed by atoms with E-state index in [4.69, 9.17) is 18.6 Å². The molecular formula is C28H22O6. The van der Waals surface area contributed by atoms with Crippen molar-refractivity contribution in [2.75, 3.05) is 13.7 Å². The molecule has 0 amide bonds. The van der Waals surface area contributed by atoms with Crippen LogP contribution < -0.4 is 15.1 Å². The van der Waals surface area contributed by atoms with Crippen LogP contribution in [0.4, 0.5) is 0 Å². The van der Waals surface area contributed by atoms with Crippen LogP contribution in [0.3, 0.4) is 0 Å². The highest BCUT2D eigenvalue weighted by atomic mass is 16.5. The van der Waals surface area contributed by atoms with E-state index in [0.717, 1.165) is 16.7 Å². The minimum absolute atomic E-state index is 0.00833. The lowest BCUT2D eigenvalue weighted by atomic mass is 9.61. The fourth-order valence-electron chi connectivity index (χ4n) is 5.36.